The summed E-state index contributed by atoms with van der Waals surface area (Å²) >= 11 is 2.20. The highest BCUT2D eigenvalue weighted by Gasteiger charge is 2.29. The molecule has 0 amide bonds. The lowest BCUT2D eigenvalue weighted by Crippen LogP contribution is -2.34. The third-order valence-electron chi connectivity index (χ3n) is 3.33. The lowest BCUT2D eigenvalue weighted by Gasteiger charge is -2.31. The van der Waals surface area contributed by atoms with Gasteiger partial charge in [-0.25, -0.2) is 0 Å². The lowest BCUT2D eigenvalue weighted by molar-refractivity contribution is -0.163. The Morgan fingerprint density at radius 1 is 0.692 bits per heavy atom. The molecule has 0 aromatic rings. The van der Waals surface area contributed by atoms with Crippen LogP contribution in [0.25, 0.3) is 0 Å². The second kappa shape index (κ2) is 11.6. The van der Waals surface area contributed by atoms with E-state index >= 15 is 0 Å². The van der Waals surface area contributed by atoms with E-state index in [0.717, 1.165) is 23.5 Å². The molecule has 0 aromatic carbocycles. The van der Waals surface area contributed by atoms with Crippen molar-refractivity contribution in [1.29, 1.82) is 0 Å². The molecular weight excluding hydrogens is 376 g/mol. The zero-order valence-electron chi connectivity index (χ0n) is 16.5. The zero-order chi connectivity index (χ0) is 20.4. The van der Waals surface area contributed by atoms with Crippen LogP contribution in [0, 0.1) is 0 Å². The van der Waals surface area contributed by atoms with E-state index in [1.165, 1.54) is 13.8 Å². The maximum absolute atomic E-state index is 11.9. The summed E-state index contributed by atoms with van der Waals surface area (Å²) in [4.78, 5) is 45.4. The van der Waals surface area contributed by atoms with E-state index in [2.05, 4.69) is 0 Å². The molecule has 0 aromatic heterocycles. The molecule has 0 atom stereocenters. The van der Waals surface area contributed by atoms with Gasteiger partial charge >= 0.3 is 11.9 Å². The topological polar surface area (TPSA) is 86.7 Å². The van der Waals surface area contributed by atoms with E-state index in [1.807, 2.05) is 27.7 Å². The Bertz CT molecular complexity index is 468. The largest absolute Gasteiger partial charge is 0.460 e. The van der Waals surface area contributed by atoms with Crippen molar-refractivity contribution in [3.05, 3.63) is 0 Å². The molecule has 0 aliphatic rings. The van der Waals surface area contributed by atoms with Crippen LogP contribution < -0.4 is 0 Å². The molecule has 0 unspecified atom stereocenters. The van der Waals surface area contributed by atoms with Crippen molar-refractivity contribution in [2.75, 3.05) is 11.5 Å². The Morgan fingerprint density at radius 3 is 1.27 bits per heavy atom. The molecule has 0 fully saturated rings. The van der Waals surface area contributed by atoms with Gasteiger partial charge in [0.15, 0.2) is 10.2 Å². The lowest BCUT2D eigenvalue weighted by atomic mass is 9.93. The smallest absolute Gasteiger partial charge is 0.307 e. The third kappa shape index (κ3) is 14.2. The van der Waals surface area contributed by atoms with Gasteiger partial charge in [0.05, 0.1) is 12.8 Å². The van der Waals surface area contributed by atoms with Gasteiger partial charge in [0.25, 0.3) is 0 Å². The molecule has 0 aliphatic carbocycles. The number of rotatable bonds is 11. The van der Waals surface area contributed by atoms with E-state index < -0.39 is 11.2 Å². The average Bonchev–Trinajstić information content (AvgIpc) is 2.43. The van der Waals surface area contributed by atoms with Crippen LogP contribution >= 0.6 is 23.5 Å². The highest BCUT2D eigenvalue weighted by Crippen LogP contribution is 2.26. The molecule has 150 valence electrons. The summed E-state index contributed by atoms with van der Waals surface area (Å²) in [7, 11) is 0. The summed E-state index contributed by atoms with van der Waals surface area (Å²) in [6, 6.07) is 0. The van der Waals surface area contributed by atoms with E-state index in [1.54, 1.807) is 0 Å². The van der Waals surface area contributed by atoms with Gasteiger partial charge < -0.3 is 9.47 Å². The molecule has 0 saturated carbocycles. The Labute approximate surface area is 164 Å². The normalized spacial score (nSPS) is 11.8. The van der Waals surface area contributed by atoms with Crippen LogP contribution in [-0.4, -0.2) is 44.9 Å². The maximum atomic E-state index is 11.9. The van der Waals surface area contributed by atoms with Gasteiger partial charge in [-0.3, -0.25) is 19.2 Å². The number of thioether (sulfide) groups is 2. The number of hydrogen-bond acceptors (Lipinski definition) is 8. The first-order valence-electron chi connectivity index (χ1n) is 8.53. The number of carbonyl (C=O) groups is 4. The predicted molar refractivity (Wildman–Crippen MR) is 105 cm³/mol. The third-order valence-corrected chi connectivity index (χ3v) is 4.96. The maximum Gasteiger partial charge on any atom is 0.307 e. The SMILES string of the molecule is CC(=O)SCCC(=O)OC(C)(C)CCC(C)(C)OC(=O)CCSC(C)=O. The first-order valence-corrected chi connectivity index (χ1v) is 10.5. The second-order valence-electron chi connectivity index (χ2n) is 7.15. The monoisotopic (exact) mass is 406 g/mol. The number of carbonyl (C=O) groups excluding carboxylic acids is 4. The first kappa shape index (κ1) is 25.0. The summed E-state index contributed by atoms with van der Waals surface area (Å²) in [5.41, 5.74) is -1.38. The minimum Gasteiger partial charge on any atom is -0.460 e. The highest BCUT2D eigenvalue weighted by atomic mass is 32.2. The minimum absolute atomic E-state index is 0.0256. The van der Waals surface area contributed by atoms with E-state index in [4.69, 9.17) is 9.47 Å². The fourth-order valence-electron chi connectivity index (χ4n) is 1.98. The summed E-state index contributed by atoms with van der Waals surface area (Å²) in [6.45, 7) is 10.2. The molecule has 0 aliphatic heterocycles. The zero-order valence-corrected chi connectivity index (χ0v) is 18.1. The molecule has 26 heavy (non-hydrogen) atoms. The minimum atomic E-state index is -0.688. The summed E-state index contributed by atoms with van der Waals surface area (Å²) in [5, 5.41) is -0.0512. The van der Waals surface area contributed by atoms with Crippen molar-refractivity contribution in [3.63, 3.8) is 0 Å². The molecule has 0 spiro atoms. The van der Waals surface area contributed by atoms with Gasteiger partial charge in [-0.15, -0.1) is 0 Å². The molecule has 0 bridgehead atoms. The van der Waals surface area contributed by atoms with Crippen molar-refractivity contribution in [3.8, 4) is 0 Å². The fourth-order valence-corrected chi connectivity index (χ4v) is 3.09. The van der Waals surface area contributed by atoms with Gasteiger partial charge in [0.1, 0.15) is 11.2 Å². The van der Waals surface area contributed by atoms with Gasteiger partial charge in [0.2, 0.25) is 0 Å². The highest BCUT2D eigenvalue weighted by molar-refractivity contribution is 8.13. The van der Waals surface area contributed by atoms with Crippen LogP contribution in [0.1, 0.15) is 67.2 Å². The van der Waals surface area contributed by atoms with Crippen LogP contribution in [0.4, 0.5) is 0 Å². The molecule has 0 radical (unpaired) electrons. The fraction of sp³-hybridized carbons (Fsp3) is 0.778. The van der Waals surface area contributed by atoms with Crippen LogP contribution in [0.3, 0.4) is 0 Å². The van der Waals surface area contributed by atoms with Crippen LogP contribution in [0.2, 0.25) is 0 Å². The standard InChI is InChI=1S/C18H30O6S2/c1-13(19)25-11-7-15(21)23-17(3,4)9-10-18(5,6)24-16(22)8-12-26-14(2)20/h7-12H2,1-6H3. The first-order chi connectivity index (χ1) is 11.8. The Morgan fingerprint density at radius 2 is 1.00 bits per heavy atom. The van der Waals surface area contributed by atoms with Gasteiger partial charge in [-0.2, -0.15) is 0 Å². The summed E-state index contributed by atoms with van der Waals surface area (Å²) < 4.78 is 10.9. The van der Waals surface area contributed by atoms with E-state index in [-0.39, 0.29) is 35.0 Å². The molecule has 0 rings (SSSR count). The molecule has 0 heterocycles. The average molecular weight is 407 g/mol. The van der Waals surface area contributed by atoms with Gasteiger partial charge in [-0.05, 0) is 40.5 Å². The molecule has 0 N–H and O–H groups in total. The van der Waals surface area contributed by atoms with Crippen molar-refractivity contribution < 1.29 is 28.7 Å². The molecule has 8 heteroatoms. The Kier molecular flexibility index (Phi) is 11.2. The summed E-state index contributed by atoms with van der Waals surface area (Å²) in [6.07, 6.45) is 1.42. The van der Waals surface area contributed by atoms with Crippen molar-refractivity contribution in [2.45, 2.75) is 78.4 Å². The second-order valence-corrected chi connectivity index (χ2v) is 9.69. The Balaban J connectivity index is 4.27. The van der Waals surface area contributed by atoms with E-state index in [9.17, 15) is 19.2 Å². The number of hydrogen-bond donors (Lipinski definition) is 0. The van der Waals surface area contributed by atoms with Crippen molar-refractivity contribution in [1.82, 2.24) is 0 Å². The molecule has 6 nitrogen and oxygen atoms in total. The van der Waals surface area contributed by atoms with Crippen LogP contribution in [0.15, 0.2) is 0 Å². The number of esters is 2. The van der Waals surface area contributed by atoms with Crippen LogP contribution in [0.5, 0.6) is 0 Å². The molecular formula is C18H30O6S2. The van der Waals surface area contributed by atoms with Crippen molar-refractivity contribution >= 4 is 45.7 Å². The predicted octanol–water partition coefficient (Wildman–Crippen LogP) is 3.75. The van der Waals surface area contributed by atoms with Gasteiger partial charge in [-0.1, -0.05) is 23.5 Å². The quantitative estimate of drug-likeness (QED) is 0.480. The molecule has 0 saturated heterocycles. The van der Waals surface area contributed by atoms with Crippen molar-refractivity contribution in [2.24, 2.45) is 0 Å². The van der Waals surface area contributed by atoms with Gasteiger partial charge in [0, 0.05) is 25.4 Å². The Hall–Kier alpha value is -1.02. The number of ether oxygens (including phenoxy) is 2. The summed E-state index contributed by atoms with van der Waals surface area (Å²) in [5.74, 6) is 0.122. The van der Waals surface area contributed by atoms with E-state index in [0.29, 0.717) is 24.3 Å². The van der Waals surface area contributed by atoms with Crippen LogP contribution in [-0.2, 0) is 28.7 Å².